The van der Waals surface area contributed by atoms with Gasteiger partial charge in [0.15, 0.2) is 29.8 Å². The van der Waals surface area contributed by atoms with Crippen molar-refractivity contribution in [2.75, 3.05) is 31.4 Å². The number of imidazole rings is 1. The summed E-state index contributed by atoms with van der Waals surface area (Å²) in [6.07, 6.45) is -5.76. The van der Waals surface area contributed by atoms with Gasteiger partial charge >= 0.3 is 5.69 Å². The van der Waals surface area contributed by atoms with Gasteiger partial charge in [0.1, 0.15) is 53.4 Å². The lowest BCUT2D eigenvalue weighted by Crippen LogP contribution is -2.35. The molecule has 0 spiro atoms. The first kappa shape index (κ1) is 28.7. The number of hydrogen-bond acceptors (Lipinski definition) is 12. The number of nitrogens with one attached hydrogen (secondary N) is 2. The maximum Gasteiger partial charge on any atom is 0.351 e. The van der Waals surface area contributed by atoms with E-state index in [0.717, 1.165) is 4.57 Å². The SMILES string of the molecule is COC[C@@H]1CC(F)[C@H](n2cnc3c(=O)[nH]c(N[C@H](C)OC[C@H]4O[C@@H](n5ccc(N)nc5=O)C(F)C4OI)nc32)O1. The standard InChI is InChI=1S/C22H27F2IN8O7/c1-9(37-7-12-16(40-25)14(24)20(39-12)32-4-3-13(26)29-22(32)35)28-21-30-17-15(18(34)31-21)27-8-33(17)19-11(23)5-10(38-19)6-36-2/h3-4,8-12,14,16,19-20H,5-7H2,1-2H3,(H2,26,29,35)(H2,28,30,31,34)/t9-,10-,11?,12+,14?,16?,19+,20+/m0/s1. The Morgan fingerprint density at radius 3 is 2.77 bits per heavy atom. The van der Waals surface area contributed by atoms with Crippen LogP contribution in [-0.4, -0.2) is 86.3 Å². The van der Waals surface area contributed by atoms with Gasteiger partial charge in [0.05, 0.1) is 25.6 Å². The Bertz CT molecular complexity index is 1460. The fourth-order valence-electron chi connectivity index (χ4n) is 4.67. The van der Waals surface area contributed by atoms with Gasteiger partial charge in [-0.1, -0.05) is 0 Å². The van der Waals surface area contributed by atoms with Crippen LogP contribution in [-0.2, 0) is 22.0 Å². The predicted octanol–water partition coefficient (Wildman–Crippen LogP) is 0.976. The quantitative estimate of drug-likeness (QED) is 0.204. The Morgan fingerprint density at radius 1 is 1.25 bits per heavy atom. The molecule has 8 atom stereocenters. The smallest absolute Gasteiger partial charge is 0.351 e. The first-order valence-corrected chi connectivity index (χ1v) is 13.1. The molecule has 40 heavy (non-hydrogen) atoms. The molecule has 18 heteroatoms. The molecule has 2 aliphatic rings. The lowest BCUT2D eigenvalue weighted by Gasteiger charge is -2.20. The van der Waals surface area contributed by atoms with Crippen molar-refractivity contribution in [3.8, 4) is 0 Å². The molecule has 4 N–H and O–H groups in total. The number of aromatic nitrogens is 6. The van der Waals surface area contributed by atoms with Crippen LogP contribution in [0, 0.1) is 0 Å². The van der Waals surface area contributed by atoms with Crippen molar-refractivity contribution in [3.63, 3.8) is 0 Å². The van der Waals surface area contributed by atoms with Gasteiger partial charge in [-0.2, -0.15) is 9.97 Å². The number of halogens is 3. The minimum absolute atomic E-state index is 0.000383. The number of nitrogen functional groups attached to an aromatic ring is 1. The van der Waals surface area contributed by atoms with Crippen LogP contribution in [0.2, 0.25) is 0 Å². The van der Waals surface area contributed by atoms with Gasteiger partial charge < -0.3 is 33.1 Å². The maximum absolute atomic E-state index is 15.1. The third kappa shape index (κ3) is 5.68. The van der Waals surface area contributed by atoms with E-state index in [1.54, 1.807) is 29.9 Å². The molecule has 0 aromatic carbocycles. The largest absolute Gasteiger partial charge is 0.383 e. The Hall–Kier alpha value is -2.78. The van der Waals surface area contributed by atoms with Gasteiger partial charge in [-0.3, -0.25) is 18.9 Å². The number of anilines is 2. The topological polar surface area (TPSA) is 183 Å². The van der Waals surface area contributed by atoms with E-state index in [1.807, 2.05) is 0 Å². The van der Waals surface area contributed by atoms with E-state index in [9.17, 15) is 14.0 Å². The molecule has 0 radical (unpaired) electrons. The van der Waals surface area contributed by atoms with Crippen LogP contribution in [0.3, 0.4) is 0 Å². The van der Waals surface area contributed by atoms with Crippen molar-refractivity contribution in [2.24, 2.45) is 0 Å². The van der Waals surface area contributed by atoms with Gasteiger partial charge in [0, 0.05) is 19.7 Å². The average Bonchev–Trinajstić information content (AvgIpc) is 3.58. The monoisotopic (exact) mass is 680 g/mol. The first-order valence-electron chi connectivity index (χ1n) is 12.2. The molecule has 3 aromatic heterocycles. The number of rotatable bonds is 10. The van der Waals surface area contributed by atoms with E-state index >= 15 is 4.39 Å². The molecular formula is C22H27F2IN8O7. The van der Waals surface area contributed by atoms with E-state index in [2.05, 4.69) is 25.3 Å². The molecule has 0 amide bonds. The summed E-state index contributed by atoms with van der Waals surface area (Å²) in [4.78, 5) is 39.4. The highest BCUT2D eigenvalue weighted by Gasteiger charge is 2.47. The number of methoxy groups -OCH3 is 1. The summed E-state index contributed by atoms with van der Waals surface area (Å²) in [5, 5.41) is 2.89. The van der Waals surface area contributed by atoms with Crippen LogP contribution in [0.25, 0.3) is 11.2 Å². The fourth-order valence-corrected chi connectivity index (χ4v) is 5.28. The fraction of sp³-hybridized carbons (Fsp3) is 0.591. The molecule has 0 aliphatic carbocycles. The van der Waals surface area contributed by atoms with Crippen molar-refractivity contribution in [1.29, 1.82) is 0 Å². The van der Waals surface area contributed by atoms with Gasteiger partial charge in [-0.25, -0.2) is 18.6 Å². The zero-order valence-electron chi connectivity index (χ0n) is 21.3. The first-order chi connectivity index (χ1) is 19.2. The zero-order valence-corrected chi connectivity index (χ0v) is 23.4. The zero-order chi connectivity index (χ0) is 28.6. The molecule has 2 aliphatic heterocycles. The highest BCUT2D eigenvalue weighted by Crippen LogP contribution is 2.35. The van der Waals surface area contributed by atoms with Gasteiger partial charge in [0.2, 0.25) is 5.95 Å². The molecule has 2 saturated heterocycles. The number of aromatic amines is 1. The van der Waals surface area contributed by atoms with Crippen molar-refractivity contribution in [3.05, 3.63) is 39.4 Å². The van der Waals surface area contributed by atoms with Gasteiger partial charge in [-0.05, 0) is 13.0 Å². The minimum Gasteiger partial charge on any atom is -0.383 e. The van der Waals surface area contributed by atoms with E-state index in [4.69, 9.17) is 27.7 Å². The van der Waals surface area contributed by atoms with Crippen LogP contribution in [0.15, 0.2) is 28.2 Å². The minimum atomic E-state index is -1.70. The Labute approximate surface area is 239 Å². The highest BCUT2D eigenvalue weighted by atomic mass is 127. The summed E-state index contributed by atoms with van der Waals surface area (Å²) in [6.45, 7) is 1.72. The molecular weight excluding hydrogens is 653 g/mol. The second-order valence-corrected chi connectivity index (χ2v) is 9.83. The molecule has 5 rings (SSSR count). The summed E-state index contributed by atoms with van der Waals surface area (Å²) in [6, 6.07) is 1.36. The summed E-state index contributed by atoms with van der Waals surface area (Å²) >= 11 is 1.56. The number of alkyl halides is 2. The van der Waals surface area contributed by atoms with E-state index in [1.165, 1.54) is 30.3 Å². The van der Waals surface area contributed by atoms with Gasteiger partial charge in [-0.15, -0.1) is 0 Å². The van der Waals surface area contributed by atoms with Crippen LogP contribution in [0.5, 0.6) is 0 Å². The number of fused-ring (bicyclic) bond motifs is 1. The molecule has 15 nitrogen and oxygen atoms in total. The summed E-state index contributed by atoms with van der Waals surface area (Å²) in [5.74, 6) is 0.0305. The molecule has 3 aromatic rings. The van der Waals surface area contributed by atoms with Crippen LogP contribution < -0.4 is 22.3 Å². The maximum atomic E-state index is 15.1. The summed E-state index contributed by atoms with van der Waals surface area (Å²) in [7, 11) is 1.50. The number of hydrogen-bond donors (Lipinski definition) is 3. The third-order valence-electron chi connectivity index (χ3n) is 6.53. The molecule has 5 heterocycles. The van der Waals surface area contributed by atoms with Crippen molar-refractivity contribution in [2.45, 2.75) is 62.7 Å². The Morgan fingerprint density at radius 2 is 2.05 bits per heavy atom. The van der Waals surface area contributed by atoms with Gasteiger partial charge in [0.25, 0.3) is 5.56 Å². The highest BCUT2D eigenvalue weighted by molar-refractivity contribution is 14.1. The second-order valence-electron chi connectivity index (χ2n) is 9.32. The second kappa shape index (κ2) is 12.0. The van der Waals surface area contributed by atoms with Crippen molar-refractivity contribution in [1.82, 2.24) is 29.1 Å². The van der Waals surface area contributed by atoms with E-state index < -0.39 is 60.6 Å². The average molecular weight is 680 g/mol. The van der Waals surface area contributed by atoms with Crippen LogP contribution >= 0.6 is 23.0 Å². The molecule has 2 fully saturated rings. The van der Waals surface area contributed by atoms with Crippen LogP contribution in [0.4, 0.5) is 20.5 Å². The number of H-pyrrole nitrogens is 1. The summed E-state index contributed by atoms with van der Waals surface area (Å²) < 4.78 is 59.7. The molecule has 0 bridgehead atoms. The summed E-state index contributed by atoms with van der Waals surface area (Å²) in [5.41, 5.74) is 4.32. The lowest BCUT2D eigenvalue weighted by atomic mass is 10.1. The predicted molar refractivity (Wildman–Crippen MR) is 143 cm³/mol. The third-order valence-corrected chi connectivity index (χ3v) is 7.12. The Balaban J connectivity index is 1.26. The Kier molecular flexibility index (Phi) is 8.61. The van der Waals surface area contributed by atoms with Crippen LogP contribution in [0.1, 0.15) is 25.8 Å². The van der Waals surface area contributed by atoms with Crippen molar-refractivity contribution >= 4 is 45.9 Å². The molecule has 218 valence electrons. The lowest BCUT2D eigenvalue weighted by molar-refractivity contribution is -0.0697. The van der Waals surface area contributed by atoms with E-state index in [0.29, 0.717) is 0 Å². The normalized spacial score (nSPS) is 29.3. The van der Waals surface area contributed by atoms with E-state index in [-0.39, 0.29) is 42.6 Å². The number of nitrogens with two attached hydrogens (primary N) is 1. The molecule has 3 unspecified atom stereocenters. The number of nitrogens with zero attached hydrogens (tertiary/aromatic N) is 5. The van der Waals surface area contributed by atoms with Crippen molar-refractivity contribution < 1.29 is 30.8 Å². The molecule has 0 saturated carbocycles. The number of ether oxygens (including phenoxy) is 4.